The number of hydrogen-bond donors (Lipinski definition) is 2. The summed E-state index contributed by atoms with van der Waals surface area (Å²) in [4.78, 5) is 15.1. The van der Waals surface area contributed by atoms with Crippen LogP contribution in [0.1, 0.15) is 10.4 Å². The molecule has 0 saturated heterocycles. The van der Waals surface area contributed by atoms with Gasteiger partial charge in [0.05, 0.1) is 10.6 Å². The minimum absolute atomic E-state index is 0.0726. The average molecular weight is 472 g/mol. The minimum atomic E-state index is -4.08. The largest absolute Gasteiger partial charge is 0.478 e. The van der Waals surface area contributed by atoms with Crippen molar-refractivity contribution in [2.24, 2.45) is 7.05 Å². The van der Waals surface area contributed by atoms with Gasteiger partial charge in [0.2, 0.25) is 0 Å². The summed E-state index contributed by atoms with van der Waals surface area (Å²) in [5.41, 5.74) is 0.586. The Bertz CT molecular complexity index is 1150. The molecular weight excluding hydrogens is 460 g/mol. The van der Waals surface area contributed by atoms with Gasteiger partial charge in [0, 0.05) is 22.8 Å². The molecule has 2 N–H and O–H groups in total. The van der Waals surface area contributed by atoms with Crippen LogP contribution in [0.4, 0.5) is 5.69 Å². The van der Waals surface area contributed by atoms with Gasteiger partial charge in [-0.3, -0.25) is 9.40 Å². The van der Waals surface area contributed by atoms with Crippen LogP contribution in [0.5, 0.6) is 0 Å². The number of carboxylic acids is 1. The van der Waals surface area contributed by atoms with Crippen LogP contribution < -0.4 is 4.72 Å². The van der Waals surface area contributed by atoms with E-state index in [0.29, 0.717) is 11.4 Å². The summed E-state index contributed by atoms with van der Waals surface area (Å²) in [6, 6.07) is 8.77. The maximum atomic E-state index is 12.7. The fraction of sp³-hybridized carbons (Fsp3) is 0.0625. The Morgan fingerprint density at radius 1 is 1.30 bits per heavy atom. The van der Waals surface area contributed by atoms with Crippen molar-refractivity contribution in [2.75, 3.05) is 4.72 Å². The van der Waals surface area contributed by atoms with E-state index in [-0.39, 0.29) is 25.6 Å². The second-order valence-corrected chi connectivity index (χ2v) is 8.41. The van der Waals surface area contributed by atoms with E-state index in [2.05, 4.69) is 30.7 Å². The summed E-state index contributed by atoms with van der Waals surface area (Å²) >= 11 is 8.97. The highest BCUT2D eigenvalue weighted by molar-refractivity contribution is 9.10. The van der Waals surface area contributed by atoms with Crippen molar-refractivity contribution in [3.8, 4) is 11.4 Å². The van der Waals surface area contributed by atoms with Crippen LogP contribution in [-0.2, 0) is 17.1 Å². The Hall–Kier alpha value is -2.43. The fourth-order valence-electron chi connectivity index (χ4n) is 2.30. The normalized spacial score (nSPS) is 11.4. The van der Waals surface area contributed by atoms with Crippen molar-refractivity contribution in [1.29, 1.82) is 0 Å². The number of nitrogens with zero attached hydrogens (tertiary/aromatic N) is 3. The van der Waals surface area contributed by atoms with Crippen LogP contribution in [0.25, 0.3) is 11.4 Å². The van der Waals surface area contributed by atoms with Gasteiger partial charge in [-0.15, -0.1) is 0 Å². The molecule has 1 aromatic heterocycles. The predicted molar refractivity (Wildman–Crippen MR) is 103 cm³/mol. The maximum Gasteiger partial charge on any atom is 0.337 e. The number of aromatic carboxylic acids is 1. The van der Waals surface area contributed by atoms with E-state index in [1.807, 2.05) is 0 Å². The second kappa shape index (κ2) is 7.29. The molecule has 0 fully saturated rings. The lowest BCUT2D eigenvalue weighted by atomic mass is 10.2. The summed E-state index contributed by atoms with van der Waals surface area (Å²) in [5, 5.41) is 13.3. The molecule has 3 aromatic rings. The number of halogens is 2. The number of nitrogens with one attached hydrogen (secondary N) is 1. The molecule has 8 nitrogen and oxygen atoms in total. The molecule has 0 amide bonds. The van der Waals surface area contributed by atoms with Gasteiger partial charge in [0.25, 0.3) is 10.0 Å². The van der Waals surface area contributed by atoms with Crippen LogP contribution in [0.15, 0.2) is 52.1 Å². The molecule has 0 bridgehead atoms. The van der Waals surface area contributed by atoms with Crippen molar-refractivity contribution in [1.82, 2.24) is 14.8 Å². The minimum Gasteiger partial charge on any atom is -0.478 e. The van der Waals surface area contributed by atoms with E-state index in [9.17, 15) is 18.3 Å². The molecular formula is C16H12BrClN4O4S. The average Bonchev–Trinajstić information content (AvgIpc) is 3.00. The van der Waals surface area contributed by atoms with Crippen molar-refractivity contribution in [3.63, 3.8) is 0 Å². The highest BCUT2D eigenvalue weighted by Crippen LogP contribution is 2.31. The number of benzene rings is 2. The van der Waals surface area contributed by atoms with Crippen molar-refractivity contribution in [3.05, 3.63) is 57.8 Å². The van der Waals surface area contributed by atoms with E-state index >= 15 is 0 Å². The molecule has 11 heteroatoms. The summed E-state index contributed by atoms with van der Waals surface area (Å²) in [6.45, 7) is 0. The molecule has 27 heavy (non-hydrogen) atoms. The van der Waals surface area contributed by atoms with E-state index < -0.39 is 16.0 Å². The lowest BCUT2D eigenvalue weighted by Crippen LogP contribution is -2.15. The SMILES string of the molecule is Cn1cnc(-c2cccc(NS(=O)(=O)c3cc(C(=O)O)c(Cl)cc3Br)c2)n1. The molecule has 0 aliphatic rings. The number of aromatic nitrogens is 3. The van der Waals surface area contributed by atoms with Crippen LogP contribution in [0.3, 0.4) is 0 Å². The third-order valence-electron chi connectivity index (χ3n) is 3.51. The lowest BCUT2D eigenvalue weighted by Gasteiger charge is -2.12. The Kier molecular flexibility index (Phi) is 5.22. The first-order valence-corrected chi connectivity index (χ1v) is 10.0. The van der Waals surface area contributed by atoms with E-state index in [0.717, 1.165) is 6.07 Å². The molecule has 0 aliphatic carbocycles. The number of aryl methyl sites for hydroxylation is 1. The molecule has 0 spiro atoms. The molecule has 0 radical (unpaired) electrons. The smallest absolute Gasteiger partial charge is 0.337 e. The fourth-order valence-corrected chi connectivity index (χ4v) is 4.80. The highest BCUT2D eigenvalue weighted by atomic mass is 79.9. The van der Waals surface area contributed by atoms with E-state index in [1.165, 1.54) is 17.1 Å². The number of rotatable bonds is 5. The number of carbonyl (C=O) groups is 1. The second-order valence-electron chi connectivity index (χ2n) is 5.50. The van der Waals surface area contributed by atoms with Crippen LogP contribution in [0.2, 0.25) is 5.02 Å². The van der Waals surface area contributed by atoms with Crippen molar-refractivity contribution >= 4 is 49.2 Å². The number of sulfonamides is 1. The van der Waals surface area contributed by atoms with Gasteiger partial charge >= 0.3 is 5.97 Å². The van der Waals surface area contributed by atoms with Crippen molar-refractivity contribution < 1.29 is 18.3 Å². The Balaban J connectivity index is 1.98. The van der Waals surface area contributed by atoms with Crippen LogP contribution in [-0.4, -0.2) is 34.3 Å². The van der Waals surface area contributed by atoms with Crippen molar-refractivity contribution in [2.45, 2.75) is 4.90 Å². The van der Waals surface area contributed by atoms with Gasteiger partial charge in [-0.25, -0.2) is 18.2 Å². The maximum absolute atomic E-state index is 12.7. The summed E-state index contributed by atoms with van der Waals surface area (Å²) in [7, 11) is -2.35. The lowest BCUT2D eigenvalue weighted by molar-refractivity contribution is 0.0697. The molecule has 0 aliphatic heterocycles. The Morgan fingerprint density at radius 2 is 2.04 bits per heavy atom. The van der Waals surface area contributed by atoms with Gasteiger partial charge in [-0.1, -0.05) is 23.7 Å². The molecule has 3 rings (SSSR count). The molecule has 140 valence electrons. The van der Waals surface area contributed by atoms with Gasteiger partial charge < -0.3 is 5.11 Å². The third-order valence-corrected chi connectivity index (χ3v) is 6.17. The first-order chi connectivity index (χ1) is 12.7. The molecule has 1 heterocycles. The Morgan fingerprint density at radius 3 is 2.67 bits per heavy atom. The zero-order chi connectivity index (χ0) is 19.8. The predicted octanol–water partition coefficient (Wildman–Crippen LogP) is 3.40. The van der Waals surface area contributed by atoms with Gasteiger partial charge in [-0.05, 0) is 40.2 Å². The van der Waals surface area contributed by atoms with E-state index in [1.54, 1.807) is 31.3 Å². The van der Waals surface area contributed by atoms with Gasteiger partial charge in [0.1, 0.15) is 11.2 Å². The summed E-state index contributed by atoms with van der Waals surface area (Å²) in [5.74, 6) is -0.883. The topological polar surface area (TPSA) is 114 Å². The molecule has 0 saturated carbocycles. The van der Waals surface area contributed by atoms with Crippen LogP contribution >= 0.6 is 27.5 Å². The number of hydrogen-bond acceptors (Lipinski definition) is 5. The number of carboxylic acid groups (broad SMARTS) is 1. The van der Waals surface area contributed by atoms with Crippen LogP contribution in [0, 0.1) is 0 Å². The highest BCUT2D eigenvalue weighted by Gasteiger charge is 2.22. The summed E-state index contributed by atoms with van der Waals surface area (Å²) < 4.78 is 29.6. The third kappa shape index (κ3) is 4.12. The monoisotopic (exact) mass is 470 g/mol. The molecule has 0 atom stereocenters. The standard InChI is InChI=1S/C16H12BrClN4O4S/c1-22-8-19-15(20-22)9-3-2-4-10(5-9)21-27(25,26)14-6-11(16(23)24)13(18)7-12(14)17/h2-8,21H,1H3,(H,23,24). The Labute approximate surface area is 168 Å². The quantitative estimate of drug-likeness (QED) is 0.589. The van der Waals surface area contributed by atoms with Gasteiger partial charge in [-0.2, -0.15) is 5.10 Å². The zero-order valence-corrected chi connectivity index (χ0v) is 16.9. The number of anilines is 1. The molecule has 0 unspecified atom stereocenters. The summed E-state index contributed by atoms with van der Waals surface area (Å²) in [6.07, 6.45) is 1.53. The van der Waals surface area contributed by atoms with Gasteiger partial charge in [0.15, 0.2) is 5.82 Å². The first kappa shape index (κ1) is 19.3. The molecule has 2 aromatic carbocycles. The first-order valence-electron chi connectivity index (χ1n) is 7.38. The van der Waals surface area contributed by atoms with E-state index in [4.69, 9.17) is 11.6 Å². The zero-order valence-electron chi connectivity index (χ0n) is 13.7.